The second-order valence-corrected chi connectivity index (χ2v) is 9.31. The lowest BCUT2D eigenvalue weighted by atomic mass is 10.3. The minimum atomic E-state index is -3.29. The minimum Gasteiger partial charge on any atom is -0.309 e. The van der Waals surface area contributed by atoms with Crippen LogP contribution in [0.3, 0.4) is 0 Å². The van der Waals surface area contributed by atoms with Crippen molar-refractivity contribution in [3.05, 3.63) is 17.0 Å². The molecule has 126 valence electrons. The zero-order valence-corrected chi connectivity index (χ0v) is 15.4. The third kappa shape index (κ3) is 4.52. The maximum atomic E-state index is 12.6. The van der Waals surface area contributed by atoms with Crippen LogP contribution in [-0.4, -0.2) is 75.9 Å². The molecule has 2 rings (SSSR count). The number of nitrogens with zero attached hydrogens (tertiary/aromatic N) is 3. The summed E-state index contributed by atoms with van der Waals surface area (Å²) < 4.78 is 27.4. The highest BCUT2D eigenvalue weighted by atomic mass is 32.2. The lowest BCUT2D eigenvalue weighted by Gasteiger charge is -2.33. The number of rotatable bonds is 7. The van der Waals surface area contributed by atoms with Gasteiger partial charge in [0.15, 0.2) is 0 Å². The zero-order chi connectivity index (χ0) is 16.2. The van der Waals surface area contributed by atoms with Gasteiger partial charge in [0.1, 0.15) is 4.21 Å². The summed E-state index contributed by atoms with van der Waals surface area (Å²) in [5, 5.41) is 0. The highest BCUT2D eigenvalue weighted by Crippen LogP contribution is 2.26. The number of piperazine rings is 1. The van der Waals surface area contributed by atoms with E-state index in [1.807, 2.05) is 6.07 Å². The van der Waals surface area contributed by atoms with Gasteiger partial charge in [0, 0.05) is 31.1 Å². The topological polar surface area (TPSA) is 43.9 Å². The molecule has 0 radical (unpaired) electrons. The summed E-state index contributed by atoms with van der Waals surface area (Å²) in [5.41, 5.74) is 0. The Kier molecular flexibility index (Phi) is 6.40. The summed E-state index contributed by atoms with van der Waals surface area (Å²) in [4.78, 5) is 5.67. The average Bonchev–Trinajstić information content (AvgIpc) is 2.97. The van der Waals surface area contributed by atoms with Gasteiger partial charge in [0.25, 0.3) is 10.0 Å². The molecule has 0 bridgehead atoms. The molecule has 1 aromatic heterocycles. The molecule has 1 aromatic rings. The molecule has 0 atom stereocenters. The van der Waals surface area contributed by atoms with Crippen LogP contribution in [0.25, 0.3) is 0 Å². The first-order valence-electron chi connectivity index (χ1n) is 7.89. The van der Waals surface area contributed by atoms with E-state index in [-0.39, 0.29) is 0 Å². The molecule has 7 heteroatoms. The predicted octanol–water partition coefficient (Wildman–Crippen LogP) is 1.57. The van der Waals surface area contributed by atoms with Crippen LogP contribution in [0.4, 0.5) is 0 Å². The fourth-order valence-corrected chi connectivity index (χ4v) is 5.49. The molecular weight excluding hydrogens is 318 g/mol. The van der Waals surface area contributed by atoms with Gasteiger partial charge in [-0.1, -0.05) is 6.92 Å². The van der Waals surface area contributed by atoms with Crippen molar-refractivity contribution in [2.75, 3.05) is 53.4 Å². The molecule has 0 aliphatic carbocycles. The summed E-state index contributed by atoms with van der Waals surface area (Å²) in [6.45, 7) is 7.04. The summed E-state index contributed by atoms with van der Waals surface area (Å²) in [6, 6.07) is 3.68. The van der Waals surface area contributed by atoms with Gasteiger partial charge in [-0.2, -0.15) is 4.31 Å². The maximum Gasteiger partial charge on any atom is 0.252 e. The van der Waals surface area contributed by atoms with E-state index in [0.717, 1.165) is 43.9 Å². The Morgan fingerprint density at radius 3 is 2.41 bits per heavy atom. The van der Waals surface area contributed by atoms with E-state index in [1.54, 1.807) is 10.4 Å². The normalized spacial score (nSPS) is 18.2. The quantitative estimate of drug-likeness (QED) is 0.752. The molecular formula is C15H27N3O2S2. The summed E-state index contributed by atoms with van der Waals surface area (Å²) >= 11 is 1.40. The van der Waals surface area contributed by atoms with Crippen molar-refractivity contribution < 1.29 is 8.42 Å². The van der Waals surface area contributed by atoms with Crippen LogP contribution < -0.4 is 0 Å². The Hall–Kier alpha value is -0.470. The molecule has 0 spiro atoms. The molecule has 2 heterocycles. The Labute approximate surface area is 138 Å². The van der Waals surface area contributed by atoms with Gasteiger partial charge in [-0.25, -0.2) is 8.42 Å². The van der Waals surface area contributed by atoms with Crippen LogP contribution in [0.15, 0.2) is 16.3 Å². The van der Waals surface area contributed by atoms with Crippen molar-refractivity contribution in [3.63, 3.8) is 0 Å². The lowest BCUT2D eigenvalue weighted by molar-refractivity contribution is 0.181. The van der Waals surface area contributed by atoms with Crippen molar-refractivity contribution in [2.24, 2.45) is 0 Å². The van der Waals surface area contributed by atoms with Gasteiger partial charge in [-0.15, -0.1) is 11.3 Å². The number of sulfonamides is 1. The van der Waals surface area contributed by atoms with Crippen LogP contribution in [0.5, 0.6) is 0 Å². The van der Waals surface area contributed by atoms with Crippen LogP contribution in [0, 0.1) is 0 Å². The fraction of sp³-hybridized carbons (Fsp3) is 0.733. The lowest BCUT2D eigenvalue weighted by Crippen LogP contribution is -2.48. The second kappa shape index (κ2) is 7.88. The largest absolute Gasteiger partial charge is 0.309 e. The molecule has 0 unspecified atom stereocenters. The highest BCUT2D eigenvalue weighted by Gasteiger charge is 2.29. The second-order valence-electron chi connectivity index (χ2n) is 5.98. The molecule has 5 nitrogen and oxygen atoms in total. The summed E-state index contributed by atoms with van der Waals surface area (Å²) in [6.07, 6.45) is 2.02. The average molecular weight is 346 g/mol. The Morgan fingerprint density at radius 2 is 1.86 bits per heavy atom. The van der Waals surface area contributed by atoms with Crippen LogP contribution in [0.2, 0.25) is 0 Å². The van der Waals surface area contributed by atoms with E-state index >= 15 is 0 Å². The molecule has 1 aliphatic rings. The summed E-state index contributed by atoms with van der Waals surface area (Å²) in [7, 11) is 0.867. The van der Waals surface area contributed by atoms with Gasteiger partial charge in [-0.05, 0) is 52.2 Å². The van der Waals surface area contributed by atoms with E-state index in [0.29, 0.717) is 17.3 Å². The molecule has 0 N–H and O–H groups in total. The minimum absolute atomic E-state index is 0.491. The van der Waals surface area contributed by atoms with Gasteiger partial charge in [-0.3, -0.25) is 0 Å². The third-order valence-electron chi connectivity index (χ3n) is 3.99. The molecule has 22 heavy (non-hydrogen) atoms. The fourth-order valence-electron chi connectivity index (χ4n) is 2.62. The first-order chi connectivity index (χ1) is 10.4. The molecule has 0 amide bonds. The highest BCUT2D eigenvalue weighted by molar-refractivity contribution is 7.91. The van der Waals surface area contributed by atoms with Gasteiger partial charge in [0.2, 0.25) is 0 Å². The van der Waals surface area contributed by atoms with Gasteiger partial charge in [0.05, 0.1) is 0 Å². The van der Waals surface area contributed by atoms with E-state index in [9.17, 15) is 8.42 Å². The smallest absolute Gasteiger partial charge is 0.252 e. The van der Waals surface area contributed by atoms with Crippen molar-refractivity contribution >= 4 is 21.4 Å². The molecule has 1 fully saturated rings. The van der Waals surface area contributed by atoms with Crippen molar-refractivity contribution in [1.29, 1.82) is 0 Å². The first kappa shape index (κ1) is 17.9. The van der Waals surface area contributed by atoms with Crippen LogP contribution in [0.1, 0.15) is 18.2 Å². The van der Waals surface area contributed by atoms with E-state index in [2.05, 4.69) is 30.8 Å². The van der Waals surface area contributed by atoms with Gasteiger partial charge >= 0.3 is 0 Å². The maximum absolute atomic E-state index is 12.6. The summed E-state index contributed by atoms with van der Waals surface area (Å²) in [5.74, 6) is 0. The Balaban J connectivity index is 1.87. The molecule has 0 saturated carbocycles. The standard InChI is InChI=1S/C15H27N3O2S2/c1-4-14-6-7-15(21-14)22(19,20)18-12-10-17(11-13-18)9-5-8-16(2)3/h6-7H,4-5,8-13H2,1-3H3. The number of thiophene rings is 1. The SMILES string of the molecule is CCc1ccc(S(=O)(=O)N2CCN(CCCN(C)C)CC2)s1. The predicted molar refractivity (Wildman–Crippen MR) is 92.1 cm³/mol. The molecule has 1 saturated heterocycles. The Bertz CT molecular complexity index is 561. The number of aryl methyl sites for hydroxylation is 1. The van der Waals surface area contributed by atoms with Crippen LogP contribution >= 0.6 is 11.3 Å². The monoisotopic (exact) mass is 345 g/mol. The van der Waals surface area contributed by atoms with Crippen molar-refractivity contribution in [1.82, 2.24) is 14.1 Å². The number of hydrogen-bond donors (Lipinski definition) is 0. The van der Waals surface area contributed by atoms with Crippen LogP contribution in [-0.2, 0) is 16.4 Å². The van der Waals surface area contributed by atoms with E-state index < -0.39 is 10.0 Å². The Morgan fingerprint density at radius 1 is 1.18 bits per heavy atom. The van der Waals surface area contributed by atoms with Gasteiger partial charge < -0.3 is 9.80 Å². The van der Waals surface area contributed by atoms with Crippen molar-refractivity contribution in [3.8, 4) is 0 Å². The molecule has 1 aliphatic heterocycles. The number of hydrogen-bond acceptors (Lipinski definition) is 5. The molecule has 0 aromatic carbocycles. The van der Waals surface area contributed by atoms with E-state index in [1.165, 1.54) is 11.3 Å². The van der Waals surface area contributed by atoms with E-state index in [4.69, 9.17) is 0 Å². The first-order valence-corrected chi connectivity index (χ1v) is 10.1. The van der Waals surface area contributed by atoms with Crippen molar-refractivity contribution in [2.45, 2.75) is 24.0 Å². The third-order valence-corrected chi connectivity index (χ3v) is 7.59. The zero-order valence-electron chi connectivity index (χ0n) is 13.8.